The fourth-order valence-corrected chi connectivity index (χ4v) is 1.92. The molecule has 0 unspecified atom stereocenters. The largest absolute Gasteiger partial charge is 0.297 e. The Morgan fingerprint density at radius 1 is 1.42 bits per heavy atom. The molecule has 1 aliphatic heterocycles. The van der Waals surface area contributed by atoms with Crippen molar-refractivity contribution in [1.29, 1.82) is 5.26 Å². The monoisotopic (exact) mass is 166 g/mol. The maximum absolute atomic E-state index is 8.49. The highest BCUT2D eigenvalue weighted by Gasteiger charge is 2.28. The number of nitriles is 1. The van der Waals surface area contributed by atoms with Gasteiger partial charge in [-0.05, 0) is 33.2 Å². The Balaban J connectivity index is 2.44. The molecule has 2 nitrogen and oxygen atoms in total. The van der Waals surface area contributed by atoms with Crippen LogP contribution in [0.2, 0.25) is 0 Å². The molecular formula is C10H18N2. The molecule has 0 amide bonds. The van der Waals surface area contributed by atoms with Crippen molar-refractivity contribution in [2.24, 2.45) is 0 Å². The number of hydrogen-bond donors (Lipinski definition) is 0. The van der Waals surface area contributed by atoms with Gasteiger partial charge in [-0.25, -0.2) is 0 Å². The van der Waals surface area contributed by atoms with Crippen molar-refractivity contribution in [1.82, 2.24) is 4.90 Å². The minimum Gasteiger partial charge on any atom is -0.297 e. The average molecular weight is 166 g/mol. The lowest BCUT2D eigenvalue weighted by Crippen LogP contribution is -2.47. The Bertz CT molecular complexity index is 179. The highest BCUT2D eigenvalue weighted by molar-refractivity contribution is 4.87. The van der Waals surface area contributed by atoms with E-state index in [2.05, 4.69) is 24.8 Å². The van der Waals surface area contributed by atoms with Crippen LogP contribution in [0.4, 0.5) is 0 Å². The maximum Gasteiger partial charge on any atom is 0.0635 e. The van der Waals surface area contributed by atoms with Gasteiger partial charge in [0.25, 0.3) is 0 Å². The van der Waals surface area contributed by atoms with Crippen molar-refractivity contribution >= 4 is 0 Å². The fourth-order valence-electron chi connectivity index (χ4n) is 1.92. The molecule has 0 atom stereocenters. The van der Waals surface area contributed by atoms with Crippen LogP contribution >= 0.6 is 0 Å². The van der Waals surface area contributed by atoms with Gasteiger partial charge in [0.1, 0.15) is 0 Å². The number of rotatable bonds is 2. The Morgan fingerprint density at radius 2 is 2.17 bits per heavy atom. The molecule has 1 heterocycles. The second-order valence-corrected chi connectivity index (χ2v) is 4.16. The fraction of sp³-hybridized carbons (Fsp3) is 0.900. The first-order valence-electron chi connectivity index (χ1n) is 4.79. The third-order valence-electron chi connectivity index (χ3n) is 2.82. The van der Waals surface area contributed by atoms with Gasteiger partial charge < -0.3 is 0 Å². The molecule has 2 heteroatoms. The summed E-state index contributed by atoms with van der Waals surface area (Å²) >= 11 is 0. The third kappa shape index (κ3) is 2.22. The van der Waals surface area contributed by atoms with Gasteiger partial charge in [0.15, 0.2) is 0 Å². The summed E-state index contributed by atoms with van der Waals surface area (Å²) in [5.41, 5.74) is 0.328. The number of hydrogen-bond acceptors (Lipinski definition) is 2. The van der Waals surface area contributed by atoms with Crippen LogP contribution in [0.25, 0.3) is 0 Å². The van der Waals surface area contributed by atoms with Crippen molar-refractivity contribution in [3.63, 3.8) is 0 Å². The molecule has 0 bridgehead atoms. The second-order valence-electron chi connectivity index (χ2n) is 4.16. The summed E-state index contributed by atoms with van der Waals surface area (Å²) in [5.74, 6) is 0. The summed E-state index contributed by atoms with van der Waals surface area (Å²) in [4.78, 5) is 2.44. The number of nitrogens with zero attached hydrogens (tertiary/aromatic N) is 2. The van der Waals surface area contributed by atoms with E-state index in [0.29, 0.717) is 12.0 Å². The first-order valence-corrected chi connectivity index (χ1v) is 4.79. The average Bonchev–Trinajstić information content (AvgIpc) is 2.02. The lowest BCUT2D eigenvalue weighted by atomic mass is 9.90. The zero-order valence-electron chi connectivity index (χ0n) is 8.14. The molecule has 1 saturated heterocycles. The van der Waals surface area contributed by atoms with Crippen LogP contribution in [0, 0.1) is 11.3 Å². The Labute approximate surface area is 75.2 Å². The van der Waals surface area contributed by atoms with Crippen molar-refractivity contribution < 1.29 is 0 Å². The van der Waals surface area contributed by atoms with Crippen molar-refractivity contribution in [3.05, 3.63) is 0 Å². The van der Waals surface area contributed by atoms with Gasteiger partial charge in [0.05, 0.1) is 6.07 Å². The molecule has 0 aliphatic carbocycles. The molecule has 1 rings (SSSR count). The van der Waals surface area contributed by atoms with E-state index in [4.69, 9.17) is 5.26 Å². The molecule has 0 radical (unpaired) electrons. The minimum atomic E-state index is 0.328. The lowest BCUT2D eigenvalue weighted by Gasteiger charge is -2.42. The topological polar surface area (TPSA) is 27.0 Å². The summed E-state index contributed by atoms with van der Waals surface area (Å²) in [5, 5.41) is 8.49. The van der Waals surface area contributed by atoms with Gasteiger partial charge in [-0.1, -0.05) is 6.42 Å². The molecule has 0 aromatic rings. The molecule has 0 spiro atoms. The summed E-state index contributed by atoms with van der Waals surface area (Å²) in [6, 6.07) is 2.21. The standard InChI is InChI=1S/C10H18N2/c1-10(2)6-3-4-8-12(10)9-5-7-11/h3-6,8-9H2,1-2H3. The van der Waals surface area contributed by atoms with Crippen LogP contribution in [0.1, 0.15) is 39.5 Å². The Kier molecular flexibility index (Phi) is 3.11. The van der Waals surface area contributed by atoms with Crippen LogP contribution in [0.5, 0.6) is 0 Å². The molecule has 0 aromatic heterocycles. The molecule has 0 aromatic carbocycles. The summed E-state index contributed by atoms with van der Waals surface area (Å²) in [7, 11) is 0. The first kappa shape index (κ1) is 9.54. The van der Waals surface area contributed by atoms with Gasteiger partial charge in [0, 0.05) is 18.5 Å². The normalized spacial score (nSPS) is 23.4. The van der Waals surface area contributed by atoms with Gasteiger partial charge in [-0.15, -0.1) is 0 Å². The van der Waals surface area contributed by atoms with Gasteiger partial charge >= 0.3 is 0 Å². The van der Waals surface area contributed by atoms with E-state index < -0.39 is 0 Å². The number of piperidine rings is 1. The van der Waals surface area contributed by atoms with Crippen molar-refractivity contribution in [2.75, 3.05) is 13.1 Å². The summed E-state index contributed by atoms with van der Waals surface area (Å²) in [6.07, 6.45) is 4.59. The van der Waals surface area contributed by atoms with Crippen molar-refractivity contribution in [3.8, 4) is 6.07 Å². The highest BCUT2D eigenvalue weighted by atomic mass is 15.2. The van der Waals surface area contributed by atoms with Gasteiger partial charge in [0.2, 0.25) is 0 Å². The minimum absolute atomic E-state index is 0.328. The van der Waals surface area contributed by atoms with E-state index >= 15 is 0 Å². The van der Waals surface area contributed by atoms with Crippen LogP contribution < -0.4 is 0 Å². The van der Waals surface area contributed by atoms with Crippen LogP contribution in [0.3, 0.4) is 0 Å². The Morgan fingerprint density at radius 3 is 2.75 bits per heavy atom. The van der Waals surface area contributed by atoms with E-state index in [9.17, 15) is 0 Å². The van der Waals surface area contributed by atoms with Gasteiger partial charge in [-0.2, -0.15) is 5.26 Å². The zero-order valence-corrected chi connectivity index (χ0v) is 8.14. The highest BCUT2D eigenvalue weighted by Crippen LogP contribution is 2.26. The van der Waals surface area contributed by atoms with Crippen molar-refractivity contribution in [2.45, 2.75) is 45.1 Å². The molecule has 68 valence electrons. The van der Waals surface area contributed by atoms with E-state index in [1.165, 1.54) is 25.8 Å². The molecule has 1 fully saturated rings. The van der Waals surface area contributed by atoms with Gasteiger partial charge in [-0.3, -0.25) is 4.90 Å². The zero-order chi connectivity index (χ0) is 9.03. The third-order valence-corrected chi connectivity index (χ3v) is 2.82. The smallest absolute Gasteiger partial charge is 0.0635 e. The van der Waals surface area contributed by atoms with E-state index in [1.807, 2.05) is 0 Å². The molecular weight excluding hydrogens is 148 g/mol. The lowest BCUT2D eigenvalue weighted by molar-refractivity contribution is 0.0796. The Hall–Kier alpha value is -0.550. The van der Waals surface area contributed by atoms with Crippen LogP contribution in [-0.4, -0.2) is 23.5 Å². The first-order chi connectivity index (χ1) is 5.67. The molecule has 12 heavy (non-hydrogen) atoms. The van der Waals surface area contributed by atoms with E-state index in [0.717, 1.165) is 6.54 Å². The molecule has 0 saturated carbocycles. The summed E-state index contributed by atoms with van der Waals surface area (Å²) < 4.78 is 0. The predicted octanol–water partition coefficient (Wildman–Crippen LogP) is 2.16. The maximum atomic E-state index is 8.49. The molecule has 0 N–H and O–H groups in total. The quantitative estimate of drug-likeness (QED) is 0.628. The number of likely N-dealkylation sites (tertiary alicyclic amines) is 1. The van der Waals surface area contributed by atoms with Crippen LogP contribution in [-0.2, 0) is 0 Å². The van der Waals surface area contributed by atoms with Crippen LogP contribution in [0.15, 0.2) is 0 Å². The SMILES string of the molecule is CC1(C)CCCCN1CCC#N. The summed E-state index contributed by atoms with van der Waals surface area (Å²) in [6.45, 7) is 6.69. The van der Waals surface area contributed by atoms with E-state index in [1.54, 1.807) is 0 Å². The second kappa shape index (κ2) is 3.91. The predicted molar refractivity (Wildman–Crippen MR) is 49.7 cm³/mol. The van der Waals surface area contributed by atoms with E-state index in [-0.39, 0.29) is 0 Å². The molecule has 1 aliphatic rings.